The first-order chi connectivity index (χ1) is 9.29. The van der Waals surface area contributed by atoms with Crippen LogP contribution in [0.5, 0.6) is 5.75 Å². The topological polar surface area (TPSA) is 12.5 Å². The smallest absolute Gasteiger partial charge is 0.122 e. The maximum Gasteiger partial charge on any atom is 0.122 e. The summed E-state index contributed by atoms with van der Waals surface area (Å²) in [6, 6.07) is 6.50. The molecule has 0 aliphatic carbocycles. The highest BCUT2D eigenvalue weighted by atomic mass is 16.5. The SMILES string of the molecule is CCc1cc(C)ccc1OCCN1CCCCCC1. The highest BCUT2D eigenvalue weighted by molar-refractivity contribution is 5.36. The highest BCUT2D eigenvalue weighted by Crippen LogP contribution is 2.20. The van der Waals surface area contributed by atoms with Crippen molar-refractivity contribution in [1.29, 1.82) is 0 Å². The molecule has 1 fully saturated rings. The van der Waals surface area contributed by atoms with Crippen molar-refractivity contribution in [2.45, 2.75) is 46.0 Å². The van der Waals surface area contributed by atoms with E-state index in [0.717, 1.165) is 25.3 Å². The van der Waals surface area contributed by atoms with Crippen molar-refractivity contribution in [3.63, 3.8) is 0 Å². The van der Waals surface area contributed by atoms with E-state index in [1.54, 1.807) is 0 Å². The minimum Gasteiger partial charge on any atom is -0.492 e. The monoisotopic (exact) mass is 261 g/mol. The molecule has 1 aliphatic rings. The first kappa shape index (κ1) is 14.4. The van der Waals surface area contributed by atoms with Gasteiger partial charge in [-0.1, -0.05) is 37.5 Å². The van der Waals surface area contributed by atoms with E-state index in [-0.39, 0.29) is 0 Å². The first-order valence-electron chi connectivity index (χ1n) is 7.74. The largest absolute Gasteiger partial charge is 0.492 e. The Balaban J connectivity index is 1.81. The Morgan fingerprint density at radius 1 is 1.11 bits per heavy atom. The minimum atomic E-state index is 0.816. The summed E-state index contributed by atoms with van der Waals surface area (Å²) in [7, 11) is 0. The van der Waals surface area contributed by atoms with Crippen LogP contribution in [0, 0.1) is 6.92 Å². The van der Waals surface area contributed by atoms with Gasteiger partial charge in [0.15, 0.2) is 0 Å². The van der Waals surface area contributed by atoms with E-state index in [2.05, 4.69) is 36.9 Å². The first-order valence-corrected chi connectivity index (χ1v) is 7.74. The number of ether oxygens (including phenoxy) is 1. The molecule has 1 heterocycles. The lowest BCUT2D eigenvalue weighted by atomic mass is 10.1. The number of rotatable bonds is 5. The van der Waals surface area contributed by atoms with Crippen molar-refractivity contribution in [3.05, 3.63) is 29.3 Å². The van der Waals surface area contributed by atoms with Crippen LogP contribution in [-0.4, -0.2) is 31.1 Å². The lowest BCUT2D eigenvalue weighted by Gasteiger charge is -2.20. The molecular weight excluding hydrogens is 234 g/mol. The third-order valence-corrected chi connectivity index (χ3v) is 3.96. The molecule has 2 rings (SSSR count). The van der Waals surface area contributed by atoms with E-state index in [0.29, 0.717) is 0 Å². The average Bonchev–Trinajstić information content (AvgIpc) is 2.69. The predicted molar refractivity (Wildman–Crippen MR) is 81.0 cm³/mol. The van der Waals surface area contributed by atoms with Crippen LogP contribution in [0.2, 0.25) is 0 Å². The van der Waals surface area contributed by atoms with Crippen LogP contribution in [-0.2, 0) is 6.42 Å². The summed E-state index contributed by atoms with van der Waals surface area (Å²) in [6.45, 7) is 8.71. The van der Waals surface area contributed by atoms with Gasteiger partial charge in [-0.2, -0.15) is 0 Å². The fraction of sp³-hybridized carbons (Fsp3) is 0.647. The maximum absolute atomic E-state index is 5.98. The molecule has 19 heavy (non-hydrogen) atoms. The molecule has 0 saturated carbocycles. The molecule has 1 aromatic carbocycles. The van der Waals surface area contributed by atoms with Gasteiger partial charge in [-0.25, -0.2) is 0 Å². The zero-order valence-corrected chi connectivity index (χ0v) is 12.5. The van der Waals surface area contributed by atoms with Gasteiger partial charge in [-0.15, -0.1) is 0 Å². The average molecular weight is 261 g/mol. The van der Waals surface area contributed by atoms with Gasteiger partial charge in [0.2, 0.25) is 0 Å². The second-order valence-corrected chi connectivity index (χ2v) is 5.57. The number of benzene rings is 1. The van der Waals surface area contributed by atoms with Gasteiger partial charge in [0.1, 0.15) is 12.4 Å². The molecule has 1 aromatic rings. The minimum absolute atomic E-state index is 0.816. The van der Waals surface area contributed by atoms with Crippen molar-refractivity contribution >= 4 is 0 Å². The Morgan fingerprint density at radius 2 is 1.84 bits per heavy atom. The number of nitrogens with zero attached hydrogens (tertiary/aromatic N) is 1. The summed E-state index contributed by atoms with van der Waals surface area (Å²) in [5.41, 5.74) is 2.65. The molecule has 106 valence electrons. The van der Waals surface area contributed by atoms with Crippen LogP contribution in [0.25, 0.3) is 0 Å². The third kappa shape index (κ3) is 4.54. The molecule has 2 nitrogen and oxygen atoms in total. The molecular formula is C17H27NO. The fourth-order valence-corrected chi connectivity index (χ4v) is 2.77. The zero-order valence-electron chi connectivity index (χ0n) is 12.5. The van der Waals surface area contributed by atoms with E-state index in [1.165, 1.54) is 49.9 Å². The Labute approximate surface area is 117 Å². The summed E-state index contributed by atoms with van der Waals surface area (Å²) in [6.07, 6.45) is 6.54. The van der Waals surface area contributed by atoms with Crippen LogP contribution < -0.4 is 4.74 Å². The predicted octanol–water partition coefficient (Wildman–Crippen LogP) is 3.81. The Hall–Kier alpha value is -1.02. The van der Waals surface area contributed by atoms with Crippen LogP contribution in [0.4, 0.5) is 0 Å². The molecule has 2 heteroatoms. The Kier molecular flexibility index (Phi) is 5.71. The molecule has 0 aromatic heterocycles. The zero-order chi connectivity index (χ0) is 13.5. The Bertz CT molecular complexity index is 381. The second kappa shape index (κ2) is 7.54. The summed E-state index contributed by atoms with van der Waals surface area (Å²) in [5.74, 6) is 1.07. The van der Waals surface area contributed by atoms with Gasteiger partial charge in [0.05, 0.1) is 0 Å². The lowest BCUT2D eigenvalue weighted by Crippen LogP contribution is -2.29. The van der Waals surface area contributed by atoms with Crippen LogP contribution in [0.1, 0.15) is 43.7 Å². The normalized spacial score (nSPS) is 17.2. The Morgan fingerprint density at radius 3 is 2.53 bits per heavy atom. The van der Waals surface area contributed by atoms with E-state index in [1.807, 2.05) is 0 Å². The quantitative estimate of drug-likeness (QED) is 0.799. The van der Waals surface area contributed by atoms with E-state index in [9.17, 15) is 0 Å². The number of likely N-dealkylation sites (tertiary alicyclic amines) is 1. The summed E-state index contributed by atoms with van der Waals surface area (Å²) < 4.78 is 5.98. The van der Waals surface area contributed by atoms with Crippen molar-refractivity contribution in [1.82, 2.24) is 4.90 Å². The maximum atomic E-state index is 5.98. The molecule has 1 saturated heterocycles. The second-order valence-electron chi connectivity index (χ2n) is 5.57. The number of aryl methyl sites for hydroxylation is 2. The van der Waals surface area contributed by atoms with Gasteiger partial charge in [0.25, 0.3) is 0 Å². The fourth-order valence-electron chi connectivity index (χ4n) is 2.77. The lowest BCUT2D eigenvalue weighted by molar-refractivity contribution is 0.213. The van der Waals surface area contributed by atoms with E-state index in [4.69, 9.17) is 4.74 Å². The number of hydrogen-bond donors (Lipinski definition) is 0. The molecule has 0 radical (unpaired) electrons. The molecule has 0 atom stereocenters. The van der Waals surface area contributed by atoms with Gasteiger partial charge in [0, 0.05) is 6.54 Å². The van der Waals surface area contributed by atoms with Gasteiger partial charge < -0.3 is 4.74 Å². The molecule has 0 N–H and O–H groups in total. The van der Waals surface area contributed by atoms with E-state index >= 15 is 0 Å². The molecule has 0 bridgehead atoms. The summed E-state index contributed by atoms with van der Waals surface area (Å²) in [4.78, 5) is 2.55. The molecule has 1 aliphatic heterocycles. The summed E-state index contributed by atoms with van der Waals surface area (Å²) >= 11 is 0. The highest BCUT2D eigenvalue weighted by Gasteiger charge is 2.09. The van der Waals surface area contributed by atoms with Gasteiger partial charge in [-0.05, 0) is 50.9 Å². The van der Waals surface area contributed by atoms with Crippen LogP contribution >= 0.6 is 0 Å². The van der Waals surface area contributed by atoms with Gasteiger partial charge in [-0.3, -0.25) is 4.90 Å². The van der Waals surface area contributed by atoms with Crippen LogP contribution in [0.3, 0.4) is 0 Å². The summed E-state index contributed by atoms with van der Waals surface area (Å²) in [5, 5.41) is 0. The van der Waals surface area contributed by atoms with Gasteiger partial charge >= 0.3 is 0 Å². The van der Waals surface area contributed by atoms with Crippen LogP contribution in [0.15, 0.2) is 18.2 Å². The molecule has 0 amide bonds. The van der Waals surface area contributed by atoms with Crippen molar-refractivity contribution in [3.8, 4) is 5.75 Å². The van der Waals surface area contributed by atoms with Crippen molar-refractivity contribution in [2.75, 3.05) is 26.2 Å². The van der Waals surface area contributed by atoms with E-state index < -0.39 is 0 Å². The van der Waals surface area contributed by atoms with Crippen molar-refractivity contribution < 1.29 is 4.74 Å². The van der Waals surface area contributed by atoms with Crippen molar-refractivity contribution in [2.24, 2.45) is 0 Å². The molecule has 0 spiro atoms. The third-order valence-electron chi connectivity index (χ3n) is 3.96. The number of hydrogen-bond acceptors (Lipinski definition) is 2. The standard InChI is InChI=1S/C17H27NO/c1-3-16-14-15(2)8-9-17(16)19-13-12-18-10-6-4-5-7-11-18/h8-9,14H,3-7,10-13H2,1-2H3. The molecule has 0 unspecified atom stereocenters.